The van der Waals surface area contributed by atoms with Gasteiger partial charge in [0.15, 0.2) is 5.78 Å². The molecule has 25 heavy (non-hydrogen) atoms. The van der Waals surface area contributed by atoms with Crippen LogP contribution in [0, 0.1) is 5.92 Å². The number of nitrogen functional groups attached to an aromatic ring is 1. The molecule has 0 spiro atoms. The van der Waals surface area contributed by atoms with E-state index in [4.69, 9.17) is 10.5 Å². The second-order valence-corrected chi connectivity index (χ2v) is 7.31. The van der Waals surface area contributed by atoms with Crippen LogP contribution in [0.5, 0.6) is 5.75 Å². The Morgan fingerprint density at radius 2 is 1.68 bits per heavy atom. The maximum absolute atomic E-state index is 12.7. The summed E-state index contributed by atoms with van der Waals surface area (Å²) in [7, 11) is 2.16. The average Bonchev–Trinajstić information content (AvgIpc) is 2.87. The Hall–Kier alpha value is -2.33. The van der Waals surface area contributed by atoms with E-state index >= 15 is 0 Å². The molecular weight excluding hydrogens is 312 g/mol. The van der Waals surface area contributed by atoms with Crippen LogP contribution in [0.15, 0.2) is 36.4 Å². The van der Waals surface area contributed by atoms with Crippen molar-refractivity contribution in [1.29, 1.82) is 0 Å². The molecule has 0 amide bonds. The van der Waals surface area contributed by atoms with Crippen LogP contribution in [0.25, 0.3) is 11.1 Å². The first-order valence-corrected chi connectivity index (χ1v) is 8.97. The Balaban J connectivity index is 1.55. The summed E-state index contributed by atoms with van der Waals surface area (Å²) < 4.78 is 6.19. The van der Waals surface area contributed by atoms with Gasteiger partial charge in [-0.1, -0.05) is 6.07 Å². The number of hydrogen-bond donors (Lipinski definition) is 1. The van der Waals surface area contributed by atoms with E-state index < -0.39 is 0 Å². The van der Waals surface area contributed by atoms with Crippen molar-refractivity contribution >= 4 is 11.5 Å². The van der Waals surface area contributed by atoms with Gasteiger partial charge in [-0.05, 0) is 87.3 Å². The number of fused-ring (bicyclic) bond motifs is 3. The molecule has 1 aliphatic heterocycles. The lowest BCUT2D eigenvalue weighted by molar-refractivity contribution is 0.0971. The van der Waals surface area contributed by atoms with E-state index in [1.54, 1.807) is 6.07 Å². The van der Waals surface area contributed by atoms with Crippen LogP contribution in [0.3, 0.4) is 0 Å². The third kappa shape index (κ3) is 2.91. The third-order valence-electron chi connectivity index (χ3n) is 5.56. The van der Waals surface area contributed by atoms with Crippen molar-refractivity contribution in [3.63, 3.8) is 0 Å². The summed E-state index contributed by atoms with van der Waals surface area (Å²) in [5.41, 5.74) is 9.79. The maximum atomic E-state index is 12.7. The first-order chi connectivity index (χ1) is 12.0. The number of carbonyl (C=O) groups is 1. The van der Waals surface area contributed by atoms with Crippen LogP contribution in [0.2, 0.25) is 0 Å². The molecule has 2 aliphatic rings. The van der Waals surface area contributed by atoms with Gasteiger partial charge in [-0.25, -0.2) is 0 Å². The Morgan fingerprint density at radius 3 is 2.40 bits per heavy atom. The fourth-order valence-electron chi connectivity index (χ4n) is 3.96. The SMILES string of the molecule is C[C@H](Oc1ccc2c(c1)C(=O)c1cc(N)ccc1-2)C1CCN(C)CC1. The highest BCUT2D eigenvalue weighted by Gasteiger charge is 2.28. The van der Waals surface area contributed by atoms with E-state index in [1.807, 2.05) is 30.3 Å². The molecular formula is C21H24N2O2. The number of ether oxygens (including phenoxy) is 1. The van der Waals surface area contributed by atoms with Crippen molar-refractivity contribution in [2.75, 3.05) is 25.9 Å². The number of hydrogen-bond acceptors (Lipinski definition) is 4. The standard InChI is InChI=1S/C21H24N2O2/c1-13(14-7-9-23(2)10-8-14)25-16-4-6-18-17-5-3-15(22)11-19(17)21(24)20(18)12-16/h3-6,11-14H,7-10,22H2,1-2H3/t13-/m0/s1. The molecule has 1 saturated heterocycles. The lowest BCUT2D eigenvalue weighted by Gasteiger charge is -2.32. The molecule has 130 valence electrons. The van der Waals surface area contributed by atoms with Gasteiger partial charge < -0.3 is 15.4 Å². The highest BCUT2D eigenvalue weighted by molar-refractivity contribution is 6.22. The maximum Gasteiger partial charge on any atom is 0.194 e. The topological polar surface area (TPSA) is 55.6 Å². The summed E-state index contributed by atoms with van der Waals surface area (Å²) in [5.74, 6) is 1.38. The monoisotopic (exact) mass is 336 g/mol. The van der Waals surface area contributed by atoms with Crippen LogP contribution >= 0.6 is 0 Å². The van der Waals surface area contributed by atoms with Crippen molar-refractivity contribution in [1.82, 2.24) is 4.90 Å². The normalized spacial score (nSPS) is 18.7. The molecule has 0 radical (unpaired) electrons. The average molecular weight is 336 g/mol. The molecule has 2 aromatic carbocycles. The molecule has 4 nitrogen and oxygen atoms in total. The fraction of sp³-hybridized carbons (Fsp3) is 0.381. The van der Waals surface area contributed by atoms with E-state index in [9.17, 15) is 4.79 Å². The number of piperidine rings is 1. The predicted molar refractivity (Wildman–Crippen MR) is 100 cm³/mol. The zero-order valence-electron chi connectivity index (χ0n) is 14.8. The van der Waals surface area contributed by atoms with Crippen molar-refractivity contribution in [3.8, 4) is 16.9 Å². The number of anilines is 1. The second-order valence-electron chi connectivity index (χ2n) is 7.31. The van der Waals surface area contributed by atoms with Crippen molar-refractivity contribution in [2.45, 2.75) is 25.9 Å². The first-order valence-electron chi connectivity index (χ1n) is 8.97. The second kappa shape index (κ2) is 6.19. The number of nitrogens with zero attached hydrogens (tertiary/aromatic N) is 1. The molecule has 4 rings (SSSR count). The van der Waals surface area contributed by atoms with Crippen molar-refractivity contribution < 1.29 is 9.53 Å². The highest BCUT2D eigenvalue weighted by atomic mass is 16.5. The number of likely N-dealkylation sites (tertiary alicyclic amines) is 1. The van der Waals surface area contributed by atoms with E-state index in [2.05, 4.69) is 18.9 Å². The van der Waals surface area contributed by atoms with Gasteiger partial charge in [0.1, 0.15) is 5.75 Å². The molecule has 2 N–H and O–H groups in total. The Kier molecular flexibility index (Phi) is 4.00. The van der Waals surface area contributed by atoms with Crippen LogP contribution in [-0.4, -0.2) is 36.9 Å². The zero-order valence-corrected chi connectivity index (χ0v) is 14.8. The third-order valence-corrected chi connectivity index (χ3v) is 5.56. The van der Waals surface area contributed by atoms with Crippen LogP contribution in [0.4, 0.5) is 5.69 Å². The summed E-state index contributed by atoms with van der Waals surface area (Å²) in [5, 5.41) is 0. The van der Waals surface area contributed by atoms with E-state index in [0.717, 1.165) is 42.8 Å². The van der Waals surface area contributed by atoms with Gasteiger partial charge in [0.2, 0.25) is 0 Å². The van der Waals surface area contributed by atoms with E-state index in [1.165, 1.54) is 0 Å². The Bertz CT molecular complexity index is 823. The van der Waals surface area contributed by atoms with Crippen LogP contribution in [-0.2, 0) is 0 Å². The lowest BCUT2D eigenvalue weighted by atomic mass is 9.92. The molecule has 0 aromatic heterocycles. The smallest absolute Gasteiger partial charge is 0.194 e. The molecule has 0 saturated carbocycles. The largest absolute Gasteiger partial charge is 0.490 e. The van der Waals surface area contributed by atoms with Gasteiger partial charge in [0.25, 0.3) is 0 Å². The Labute approximate surface area is 148 Å². The summed E-state index contributed by atoms with van der Waals surface area (Å²) in [6.45, 7) is 4.38. The molecule has 0 bridgehead atoms. The molecule has 1 aliphatic carbocycles. The quantitative estimate of drug-likeness (QED) is 0.743. The summed E-state index contributed by atoms with van der Waals surface area (Å²) in [4.78, 5) is 15.1. The van der Waals surface area contributed by atoms with E-state index in [-0.39, 0.29) is 11.9 Å². The zero-order chi connectivity index (χ0) is 17.6. The first kappa shape index (κ1) is 16.2. The van der Waals surface area contributed by atoms with E-state index in [0.29, 0.717) is 22.7 Å². The number of ketones is 1. The van der Waals surface area contributed by atoms with Gasteiger partial charge in [-0.15, -0.1) is 0 Å². The Morgan fingerprint density at radius 1 is 1.04 bits per heavy atom. The molecule has 1 fully saturated rings. The number of nitrogens with two attached hydrogens (primary N) is 1. The molecule has 4 heteroatoms. The molecule has 0 unspecified atom stereocenters. The van der Waals surface area contributed by atoms with Gasteiger partial charge in [-0.2, -0.15) is 0 Å². The molecule has 2 aromatic rings. The van der Waals surface area contributed by atoms with Crippen LogP contribution < -0.4 is 10.5 Å². The number of benzene rings is 2. The minimum Gasteiger partial charge on any atom is -0.490 e. The molecule has 1 atom stereocenters. The molecule has 1 heterocycles. The summed E-state index contributed by atoms with van der Waals surface area (Å²) in [6, 6.07) is 11.4. The van der Waals surface area contributed by atoms with Crippen molar-refractivity contribution in [2.24, 2.45) is 5.92 Å². The van der Waals surface area contributed by atoms with Gasteiger partial charge in [-0.3, -0.25) is 4.79 Å². The highest BCUT2D eigenvalue weighted by Crippen LogP contribution is 2.39. The van der Waals surface area contributed by atoms with Crippen molar-refractivity contribution in [3.05, 3.63) is 47.5 Å². The summed E-state index contributed by atoms with van der Waals surface area (Å²) >= 11 is 0. The number of rotatable bonds is 3. The minimum atomic E-state index is 0.0368. The van der Waals surface area contributed by atoms with Gasteiger partial charge >= 0.3 is 0 Å². The predicted octanol–water partition coefficient (Wildman–Crippen LogP) is 3.59. The minimum absolute atomic E-state index is 0.0368. The van der Waals surface area contributed by atoms with Gasteiger partial charge in [0, 0.05) is 16.8 Å². The van der Waals surface area contributed by atoms with Gasteiger partial charge in [0.05, 0.1) is 6.10 Å². The van der Waals surface area contributed by atoms with Crippen LogP contribution in [0.1, 0.15) is 35.7 Å². The summed E-state index contributed by atoms with van der Waals surface area (Å²) in [6.07, 6.45) is 2.47. The lowest BCUT2D eigenvalue weighted by Crippen LogP contribution is -2.36. The number of carbonyl (C=O) groups excluding carboxylic acids is 1. The fourth-order valence-corrected chi connectivity index (χ4v) is 3.96.